The van der Waals surface area contributed by atoms with Crippen molar-refractivity contribution in [2.75, 3.05) is 11.9 Å². The van der Waals surface area contributed by atoms with E-state index in [0.29, 0.717) is 6.54 Å². The van der Waals surface area contributed by atoms with E-state index in [1.54, 1.807) is 0 Å². The first-order chi connectivity index (χ1) is 8.56. The molecule has 1 heterocycles. The van der Waals surface area contributed by atoms with Gasteiger partial charge in [-0.3, -0.25) is 10.1 Å². The number of nitrogens with zero attached hydrogens (tertiary/aromatic N) is 1. The highest BCUT2D eigenvalue weighted by Gasteiger charge is 2.22. The standard InChI is InChI=1S/C12H15FN2O3/c1-8-2-4-10(18-8)7-14-12-6-9(15(16)17)3-5-11(12)13/h3,5-6,8,10,14H,2,4,7H2,1H3. The van der Waals surface area contributed by atoms with Crippen molar-refractivity contribution in [1.29, 1.82) is 0 Å². The van der Waals surface area contributed by atoms with Crippen LogP contribution in [0.2, 0.25) is 0 Å². The van der Waals surface area contributed by atoms with E-state index < -0.39 is 10.7 Å². The van der Waals surface area contributed by atoms with Crippen LogP contribution in [0.15, 0.2) is 18.2 Å². The zero-order valence-electron chi connectivity index (χ0n) is 10.1. The number of anilines is 1. The lowest BCUT2D eigenvalue weighted by Crippen LogP contribution is -2.20. The van der Waals surface area contributed by atoms with Crippen molar-refractivity contribution in [3.63, 3.8) is 0 Å². The van der Waals surface area contributed by atoms with Crippen LogP contribution in [0.4, 0.5) is 15.8 Å². The molecule has 1 N–H and O–H groups in total. The van der Waals surface area contributed by atoms with Gasteiger partial charge in [-0.15, -0.1) is 0 Å². The van der Waals surface area contributed by atoms with Crippen LogP contribution in [-0.4, -0.2) is 23.7 Å². The SMILES string of the molecule is CC1CCC(CNc2cc([N+](=O)[O-])ccc2F)O1. The Hall–Kier alpha value is -1.69. The lowest BCUT2D eigenvalue weighted by Gasteiger charge is -2.13. The number of hydrogen-bond acceptors (Lipinski definition) is 4. The molecule has 18 heavy (non-hydrogen) atoms. The molecule has 0 radical (unpaired) electrons. The van der Waals surface area contributed by atoms with Gasteiger partial charge in [0.05, 0.1) is 22.8 Å². The molecule has 0 aliphatic carbocycles. The topological polar surface area (TPSA) is 64.4 Å². The van der Waals surface area contributed by atoms with Gasteiger partial charge in [0.25, 0.3) is 5.69 Å². The average molecular weight is 254 g/mol. The van der Waals surface area contributed by atoms with E-state index >= 15 is 0 Å². The number of rotatable bonds is 4. The summed E-state index contributed by atoms with van der Waals surface area (Å²) in [4.78, 5) is 10.1. The second-order valence-corrected chi connectivity index (χ2v) is 4.45. The molecular formula is C12H15FN2O3. The summed E-state index contributed by atoms with van der Waals surface area (Å²) in [6.45, 7) is 2.45. The average Bonchev–Trinajstić information content (AvgIpc) is 2.74. The fourth-order valence-corrected chi connectivity index (χ4v) is 2.02. The van der Waals surface area contributed by atoms with Gasteiger partial charge in [-0.1, -0.05) is 0 Å². The van der Waals surface area contributed by atoms with Gasteiger partial charge in [0.15, 0.2) is 0 Å². The van der Waals surface area contributed by atoms with Gasteiger partial charge >= 0.3 is 0 Å². The Kier molecular flexibility index (Phi) is 3.76. The zero-order valence-corrected chi connectivity index (χ0v) is 10.1. The second kappa shape index (κ2) is 5.30. The predicted octanol–water partition coefficient (Wildman–Crippen LogP) is 2.71. The van der Waals surface area contributed by atoms with E-state index in [1.165, 1.54) is 6.07 Å². The van der Waals surface area contributed by atoms with Gasteiger partial charge in [0, 0.05) is 18.7 Å². The highest BCUT2D eigenvalue weighted by atomic mass is 19.1. The van der Waals surface area contributed by atoms with Crippen molar-refractivity contribution in [2.24, 2.45) is 0 Å². The maximum Gasteiger partial charge on any atom is 0.271 e. The lowest BCUT2D eigenvalue weighted by atomic mass is 10.2. The molecule has 1 aliphatic heterocycles. The number of nitro benzene ring substituents is 1. The molecule has 1 saturated heterocycles. The largest absolute Gasteiger partial charge is 0.380 e. The van der Waals surface area contributed by atoms with Crippen molar-refractivity contribution in [1.82, 2.24) is 0 Å². The summed E-state index contributed by atoms with van der Waals surface area (Å²) in [5.41, 5.74) is 0.0203. The summed E-state index contributed by atoms with van der Waals surface area (Å²) < 4.78 is 19.0. The number of ether oxygens (including phenoxy) is 1. The molecule has 0 saturated carbocycles. The highest BCUT2D eigenvalue weighted by Crippen LogP contribution is 2.23. The van der Waals surface area contributed by atoms with Gasteiger partial charge in [-0.2, -0.15) is 0 Å². The van der Waals surface area contributed by atoms with Gasteiger partial charge < -0.3 is 10.1 Å². The first-order valence-corrected chi connectivity index (χ1v) is 5.89. The number of benzene rings is 1. The Labute approximate surface area is 104 Å². The zero-order chi connectivity index (χ0) is 13.1. The van der Waals surface area contributed by atoms with Gasteiger partial charge in [-0.05, 0) is 25.8 Å². The summed E-state index contributed by atoms with van der Waals surface area (Å²) in [7, 11) is 0. The van der Waals surface area contributed by atoms with E-state index in [9.17, 15) is 14.5 Å². The number of nitrogens with one attached hydrogen (secondary N) is 1. The van der Waals surface area contributed by atoms with E-state index in [4.69, 9.17) is 4.74 Å². The fraction of sp³-hybridized carbons (Fsp3) is 0.500. The Balaban J connectivity index is 2.00. The van der Waals surface area contributed by atoms with Crippen molar-refractivity contribution >= 4 is 11.4 Å². The van der Waals surface area contributed by atoms with Crippen molar-refractivity contribution in [2.45, 2.75) is 32.0 Å². The normalized spacial score (nSPS) is 23.0. The molecule has 98 valence electrons. The summed E-state index contributed by atoms with van der Waals surface area (Å²) >= 11 is 0. The van der Waals surface area contributed by atoms with Gasteiger partial charge in [0.1, 0.15) is 5.82 Å². The van der Waals surface area contributed by atoms with E-state index in [1.807, 2.05) is 6.92 Å². The van der Waals surface area contributed by atoms with E-state index in [-0.39, 0.29) is 23.6 Å². The van der Waals surface area contributed by atoms with Crippen molar-refractivity contribution < 1.29 is 14.1 Å². The fourth-order valence-electron chi connectivity index (χ4n) is 2.02. The molecule has 0 spiro atoms. The number of hydrogen-bond donors (Lipinski definition) is 1. The van der Waals surface area contributed by atoms with Crippen molar-refractivity contribution in [3.8, 4) is 0 Å². The predicted molar refractivity (Wildman–Crippen MR) is 65.1 cm³/mol. The molecule has 0 bridgehead atoms. The number of non-ortho nitro benzene ring substituents is 1. The molecule has 2 unspecified atom stereocenters. The third-order valence-corrected chi connectivity index (χ3v) is 3.00. The minimum Gasteiger partial charge on any atom is -0.380 e. The molecule has 2 atom stereocenters. The van der Waals surface area contributed by atoms with Crippen LogP contribution in [0.5, 0.6) is 0 Å². The van der Waals surface area contributed by atoms with Crippen LogP contribution >= 0.6 is 0 Å². The van der Waals surface area contributed by atoms with Gasteiger partial charge in [-0.25, -0.2) is 4.39 Å². The third kappa shape index (κ3) is 2.95. The molecule has 0 aromatic heterocycles. The van der Waals surface area contributed by atoms with Crippen LogP contribution in [-0.2, 0) is 4.74 Å². The molecule has 0 amide bonds. The van der Waals surface area contributed by atoms with Crippen LogP contribution in [0.1, 0.15) is 19.8 Å². The van der Waals surface area contributed by atoms with Crippen LogP contribution in [0, 0.1) is 15.9 Å². The summed E-state index contributed by atoms with van der Waals surface area (Å²) in [6.07, 6.45) is 2.18. The summed E-state index contributed by atoms with van der Waals surface area (Å²) in [5, 5.41) is 13.5. The minimum atomic E-state index is -0.543. The third-order valence-electron chi connectivity index (χ3n) is 3.00. The maximum absolute atomic E-state index is 13.5. The Morgan fingerprint density at radius 1 is 1.56 bits per heavy atom. The first-order valence-electron chi connectivity index (χ1n) is 5.89. The smallest absolute Gasteiger partial charge is 0.271 e. The maximum atomic E-state index is 13.5. The second-order valence-electron chi connectivity index (χ2n) is 4.45. The van der Waals surface area contributed by atoms with Crippen LogP contribution < -0.4 is 5.32 Å². The molecule has 1 aromatic rings. The molecule has 5 nitrogen and oxygen atoms in total. The number of halogens is 1. The minimum absolute atomic E-state index is 0.0404. The Morgan fingerprint density at radius 3 is 2.94 bits per heavy atom. The lowest BCUT2D eigenvalue weighted by molar-refractivity contribution is -0.384. The van der Waals surface area contributed by atoms with Crippen LogP contribution in [0.3, 0.4) is 0 Å². The molecule has 1 fully saturated rings. The monoisotopic (exact) mass is 254 g/mol. The summed E-state index contributed by atoms with van der Waals surface area (Å²) in [6, 6.07) is 3.45. The van der Waals surface area contributed by atoms with Gasteiger partial charge in [0.2, 0.25) is 0 Å². The Morgan fingerprint density at radius 2 is 2.33 bits per heavy atom. The molecule has 6 heteroatoms. The summed E-state index contributed by atoms with van der Waals surface area (Å²) in [5.74, 6) is -0.494. The molecule has 2 rings (SSSR count). The molecule has 1 aliphatic rings. The van der Waals surface area contributed by atoms with Crippen molar-refractivity contribution in [3.05, 3.63) is 34.1 Å². The first kappa shape index (κ1) is 12.8. The van der Waals surface area contributed by atoms with E-state index in [0.717, 1.165) is 25.0 Å². The van der Waals surface area contributed by atoms with E-state index in [2.05, 4.69) is 5.32 Å². The Bertz CT molecular complexity index is 453. The highest BCUT2D eigenvalue weighted by molar-refractivity contribution is 5.52. The van der Waals surface area contributed by atoms with Crippen LogP contribution in [0.25, 0.3) is 0 Å². The quantitative estimate of drug-likeness (QED) is 0.662. The number of nitro groups is 1. The molecular weight excluding hydrogens is 239 g/mol. The molecule has 1 aromatic carbocycles.